The van der Waals surface area contributed by atoms with Gasteiger partial charge in [-0.2, -0.15) is 0 Å². The van der Waals surface area contributed by atoms with Crippen molar-refractivity contribution in [2.75, 3.05) is 6.26 Å². The smallest absolute Gasteiger partial charge is 0.308 e. The number of benzene rings is 1. The number of rotatable bonds is 2. The zero-order valence-corrected chi connectivity index (χ0v) is 15.0. The Morgan fingerprint density at radius 1 is 1.25 bits per heavy atom. The minimum absolute atomic E-state index is 0. The summed E-state index contributed by atoms with van der Waals surface area (Å²) < 4.78 is 2.56. The van der Waals surface area contributed by atoms with Gasteiger partial charge >= 0.3 is 10.3 Å². The van der Waals surface area contributed by atoms with Crippen LogP contribution >= 0.6 is 48.4 Å². The molecule has 0 spiro atoms. The number of halogens is 2. The molecule has 86 valence electrons. The van der Waals surface area contributed by atoms with Crippen molar-refractivity contribution in [2.45, 2.75) is 11.1 Å². The molecule has 0 aliphatic carbocycles. The van der Waals surface area contributed by atoms with Gasteiger partial charge in [-0.3, -0.25) is 0 Å². The lowest BCUT2D eigenvalue weighted by Crippen LogP contribution is -3.00. The van der Waals surface area contributed by atoms with E-state index in [1.807, 2.05) is 32.4 Å². The molecule has 1 aromatic carbocycles. The Hall–Kier alpha value is 0.830. The summed E-state index contributed by atoms with van der Waals surface area (Å²) in [7, 11) is 3.73. The molecule has 0 unspecified atom stereocenters. The maximum atomic E-state index is 3.46. The maximum Gasteiger partial charge on any atom is 0.308 e. The molecule has 0 bridgehead atoms. The van der Waals surface area contributed by atoms with Gasteiger partial charge in [0, 0.05) is 10.0 Å². The summed E-state index contributed by atoms with van der Waals surface area (Å²) >= 11 is 5.29. The molecule has 0 saturated carbocycles. The highest BCUT2D eigenvalue weighted by molar-refractivity contribution is 9.10. The molecule has 1 heterocycles. The quantitative estimate of drug-likeness (QED) is 0.297. The summed E-state index contributed by atoms with van der Waals surface area (Å²) in [5.74, 6) is 0. The molecule has 0 nitrogen and oxygen atoms in total. The van der Waals surface area contributed by atoms with Gasteiger partial charge in [0.25, 0.3) is 4.21 Å². The van der Waals surface area contributed by atoms with Gasteiger partial charge in [-0.15, -0.1) is 0 Å². The Kier molecular flexibility index (Phi) is 6.22. The molecule has 0 fully saturated rings. The van der Waals surface area contributed by atoms with E-state index in [1.54, 1.807) is 0 Å². The van der Waals surface area contributed by atoms with Crippen LogP contribution in [-0.2, 0) is 0 Å². The third-order valence-corrected chi connectivity index (χ3v) is 6.91. The predicted molar refractivity (Wildman–Crippen MR) is 76.3 cm³/mol. The Morgan fingerprint density at radius 3 is 2.38 bits per heavy atom. The van der Waals surface area contributed by atoms with E-state index in [1.165, 1.54) is 20.2 Å². The first-order valence-corrected chi connectivity index (χ1v) is 8.62. The van der Waals surface area contributed by atoms with Gasteiger partial charge in [0.05, 0.1) is 0 Å². The highest BCUT2D eigenvalue weighted by Crippen LogP contribution is 2.40. The largest absolute Gasteiger partial charge is 1.00 e. The fourth-order valence-electron chi connectivity index (χ4n) is 1.35. The fraction of sp³-hybridized carbons (Fsp3) is 0.182. The first-order valence-electron chi connectivity index (χ1n) is 4.45. The summed E-state index contributed by atoms with van der Waals surface area (Å²) in [6, 6.07) is 8.52. The highest BCUT2D eigenvalue weighted by atomic mass is 127. The van der Waals surface area contributed by atoms with Gasteiger partial charge in [0.1, 0.15) is 4.88 Å². The van der Waals surface area contributed by atoms with Crippen molar-refractivity contribution in [1.29, 1.82) is 0 Å². The molecule has 0 saturated heterocycles. The van der Waals surface area contributed by atoms with Crippen molar-refractivity contribution in [3.8, 4) is 10.4 Å². The van der Waals surface area contributed by atoms with Crippen molar-refractivity contribution in [3.05, 3.63) is 34.3 Å². The van der Waals surface area contributed by atoms with Crippen LogP contribution in [0.4, 0.5) is 0 Å². The van der Waals surface area contributed by atoms with Crippen LogP contribution < -0.4 is 24.0 Å². The van der Waals surface area contributed by atoms with Crippen LogP contribution in [0.1, 0.15) is 5.56 Å². The first-order chi connectivity index (χ1) is 7.22. The molecule has 0 aliphatic heterocycles. The average molecular weight is 445 g/mol. The van der Waals surface area contributed by atoms with Crippen LogP contribution in [0.5, 0.6) is 0 Å². The summed E-state index contributed by atoms with van der Waals surface area (Å²) in [5.41, 5.74) is 2.73. The van der Waals surface area contributed by atoms with E-state index in [0.717, 1.165) is 4.47 Å². The molecule has 0 amide bonds. The van der Waals surface area contributed by atoms with Crippen molar-refractivity contribution >= 4 is 48.4 Å². The molecule has 0 N–H and O–H groups in total. The number of thioether (sulfide) groups is 1. The Bertz CT molecular complexity index is 465. The van der Waals surface area contributed by atoms with E-state index >= 15 is 0 Å². The second kappa shape index (κ2) is 6.68. The first kappa shape index (κ1) is 14.9. The zero-order chi connectivity index (χ0) is 10.8. The van der Waals surface area contributed by atoms with Crippen molar-refractivity contribution in [3.63, 3.8) is 0 Å². The molecule has 2 rings (SSSR count). The van der Waals surface area contributed by atoms with Crippen LogP contribution in [0.3, 0.4) is 0 Å². The monoisotopic (exact) mass is 444 g/mol. The van der Waals surface area contributed by atoms with Crippen LogP contribution in [-0.4, -0.2) is 6.26 Å². The third kappa shape index (κ3) is 3.19. The number of hydrogen-bond acceptors (Lipinski definition) is 2. The summed E-state index contributed by atoms with van der Waals surface area (Å²) in [6.07, 6.45) is 2.14. The minimum Gasteiger partial charge on any atom is -1.00 e. The second-order valence-corrected chi connectivity index (χ2v) is 7.26. The van der Waals surface area contributed by atoms with Crippen LogP contribution in [0.15, 0.2) is 32.9 Å². The van der Waals surface area contributed by atoms with E-state index in [-0.39, 0.29) is 24.0 Å². The van der Waals surface area contributed by atoms with Crippen molar-refractivity contribution in [2.24, 2.45) is 0 Å². The molecule has 0 atom stereocenters. The normalized spacial score (nSPS) is 9.94. The Morgan fingerprint density at radius 2 is 1.88 bits per heavy atom. The summed E-state index contributed by atoms with van der Waals surface area (Å²) in [5, 5.41) is 0. The van der Waals surface area contributed by atoms with Gasteiger partial charge in [-0.05, 0) is 30.9 Å². The van der Waals surface area contributed by atoms with Crippen molar-refractivity contribution < 1.29 is 24.0 Å². The van der Waals surface area contributed by atoms with Gasteiger partial charge in [-0.25, -0.2) is 0 Å². The lowest BCUT2D eigenvalue weighted by molar-refractivity contribution is -0.00000277. The van der Waals surface area contributed by atoms with E-state index in [4.69, 9.17) is 0 Å². The Balaban J connectivity index is 0.00000128. The van der Waals surface area contributed by atoms with Crippen LogP contribution in [0.2, 0.25) is 0 Å². The molecular weight excluding hydrogens is 435 g/mol. The van der Waals surface area contributed by atoms with Gasteiger partial charge in [0.2, 0.25) is 0 Å². The molecular formula is C11H10BrIS3. The molecule has 0 aliphatic rings. The molecule has 16 heavy (non-hydrogen) atoms. The molecule has 1 aromatic heterocycles. The standard InChI is InChI=1S/C11H10BrS3.HI/c1-7-10(14-15-11(7)13-2)8-3-5-9(12)6-4-8;/h3-6H,1-2H3;1H/q+1;/p-1. The van der Waals surface area contributed by atoms with Crippen LogP contribution in [0, 0.1) is 6.92 Å². The Labute approximate surface area is 133 Å². The second-order valence-electron chi connectivity index (χ2n) is 3.12. The zero-order valence-electron chi connectivity index (χ0n) is 8.79. The van der Waals surface area contributed by atoms with Gasteiger partial charge in [-0.1, -0.05) is 39.8 Å². The third-order valence-electron chi connectivity index (χ3n) is 2.14. The van der Waals surface area contributed by atoms with E-state index < -0.39 is 0 Å². The predicted octanol–water partition coefficient (Wildman–Crippen LogP) is 2.55. The molecule has 0 radical (unpaired) electrons. The highest BCUT2D eigenvalue weighted by Gasteiger charge is 2.20. The van der Waals surface area contributed by atoms with E-state index in [2.05, 4.69) is 53.4 Å². The van der Waals surface area contributed by atoms with E-state index in [0.29, 0.717) is 0 Å². The van der Waals surface area contributed by atoms with Crippen molar-refractivity contribution in [1.82, 2.24) is 0 Å². The maximum absolute atomic E-state index is 3.46. The van der Waals surface area contributed by atoms with Gasteiger partial charge in [0.15, 0.2) is 10.3 Å². The lowest BCUT2D eigenvalue weighted by Gasteiger charge is -1.96. The topological polar surface area (TPSA) is 0 Å². The average Bonchev–Trinajstić information content (AvgIpc) is 2.61. The molecule has 2 aromatic rings. The lowest BCUT2D eigenvalue weighted by atomic mass is 10.1. The van der Waals surface area contributed by atoms with E-state index in [9.17, 15) is 0 Å². The summed E-state index contributed by atoms with van der Waals surface area (Å²) in [4.78, 5) is 1.40. The minimum atomic E-state index is 0. The summed E-state index contributed by atoms with van der Waals surface area (Å²) in [6.45, 7) is 2.20. The SMILES string of the molecule is CSc1[s+]sc(-c2ccc(Br)cc2)c1C.[I-]. The van der Waals surface area contributed by atoms with Crippen LogP contribution in [0.25, 0.3) is 10.4 Å². The number of hydrogen-bond donors (Lipinski definition) is 0. The van der Waals surface area contributed by atoms with Gasteiger partial charge < -0.3 is 24.0 Å². The fourth-order valence-corrected chi connectivity index (χ4v) is 5.70. The molecule has 5 heteroatoms.